The van der Waals surface area contributed by atoms with E-state index in [1.165, 1.54) is 30.5 Å². The van der Waals surface area contributed by atoms with Gasteiger partial charge in [0.15, 0.2) is 6.10 Å². The van der Waals surface area contributed by atoms with Gasteiger partial charge in [0, 0.05) is 12.4 Å². The Balaban J connectivity index is 1.93. The number of rotatable bonds is 4. The van der Waals surface area contributed by atoms with Crippen LogP contribution in [-0.4, -0.2) is 22.0 Å². The number of carbonyl (C=O) groups is 1. The van der Waals surface area contributed by atoms with E-state index in [0.717, 1.165) is 0 Å². The largest absolute Gasteiger partial charge is 0.481 e. The molecule has 2 N–H and O–H groups in total. The van der Waals surface area contributed by atoms with Crippen molar-refractivity contribution in [2.75, 3.05) is 5.32 Å². The molecule has 0 saturated heterocycles. The van der Waals surface area contributed by atoms with Crippen molar-refractivity contribution in [1.82, 2.24) is 9.97 Å². The number of aromatic nitrogens is 2. The number of imidazole rings is 1. The van der Waals surface area contributed by atoms with E-state index < -0.39 is 6.10 Å². The lowest BCUT2D eigenvalue weighted by Crippen LogP contribution is -2.30. The molecule has 0 saturated carbocycles. The SMILES string of the molecule is CC(Oc1ccc(F)cc1)C(=O)Nc1ncc[nH]1. The lowest BCUT2D eigenvalue weighted by molar-refractivity contribution is -0.122. The lowest BCUT2D eigenvalue weighted by Gasteiger charge is -2.13. The highest BCUT2D eigenvalue weighted by Gasteiger charge is 2.15. The number of amides is 1. The third-order valence-electron chi connectivity index (χ3n) is 2.24. The number of nitrogens with zero attached hydrogens (tertiary/aromatic N) is 1. The van der Waals surface area contributed by atoms with Gasteiger partial charge in [-0.2, -0.15) is 0 Å². The number of halogens is 1. The fourth-order valence-electron chi connectivity index (χ4n) is 1.32. The Kier molecular flexibility index (Phi) is 3.57. The molecule has 6 heteroatoms. The monoisotopic (exact) mass is 249 g/mol. The van der Waals surface area contributed by atoms with Crippen molar-refractivity contribution in [3.63, 3.8) is 0 Å². The van der Waals surface area contributed by atoms with Crippen LogP contribution in [0.15, 0.2) is 36.7 Å². The summed E-state index contributed by atoms with van der Waals surface area (Å²) in [5.74, 6) is 0.0948. The molecule has 0 radical (unpaired) electrons. The highest BCUT2D eigenvalue weighted by molar-refractivity contribution is 5.92. The number of ether oxygens (including phenoxy) is 1. The third-order valence-corrected chi connectivity index (χ3v) is 2.24. The molecular formula is C12H12FN3O2. The van der Waals surface area contributed by atoms with Crippen molar-refractivity contribution < 1.29 is 13.9 Å². The van der Waals surface area contributed by atoms with Crippen molar-refractivity contribution in [3.8, 4) is 5.75 Å². The standard InChI is InChI=1S/C12H12FN3O2/c1-8(11(17)16-12-14-6-7-15-12)18-10-4-2-9(13)3-5-10/h2-8H,1H3,(H2,14,15,16,17). The Bertz CT molecular complexity index is 511. The van der Waals surface area contributed by atoms with E-state index in [-0.39, 0.29) is 11.7 Å². The summed E-state index contributed by atoms with van der Waals surface area (Å²) in [6.45, 7) is 1.60. The van der Waals surface area contributed by atoms with Crippen molar-refractivity contribution in [1.29, 1.82) is 0 Å². The smallest absolute Gasteiger partial charge is 0.267 e. The Hall–Kier alpha value is -2.37. The predicted octanol–water partition coefficient (Wildman–Crippen LogP) is 1.95. The summed E-state index contributed by atoms with van der Waals surface area (Å²) < 4.78 is 18.0. The molecule has 2 rings (SSSR count). The summed E-state index contributed by atoms with van der Waals surface area (Å²) in [7, 11) is 0. The minimum atomic E-state index is -0.708. The fraction of sp³-hybridized carbons (Fsp3) is 0.167. The van der Waals surface area contributed by atoms with Gasteiger partial charge in [-0.1, -0.05) is 0 Å². The van der Waals surface area contributed by atoms with Crippen molar-refractivity contribution in [2.45, 2.75) is 13.0 Å². The van der Waals surface area contributed by atoms with Crippen LogP contribution in [0.3, 0.4) is 0 Å². The first-order valence-corrected chi connectivity index (χ1v) is 5.37. The second-order valence-electron chi connectivity index (χ2n) is 3.64. The molecule has 2 aromatic rings. The van der Waals surface area contributed by atoms with Crippen molar-refractivity contribution in [3.05, 3.63) is 42.5 Å². The van der Waals surface area contributed by atoms with E-state index in [1.807, 2.05) is 0 Å². The van der Waals surface area contributed by atoms with Crippen molar-refractivity contribution in [2.24, 2.45) is 0 Å². The zero-order valence-corrected chi connectivity index (χ0v) is 9.68. The summed E-state index contributed by atoms with van der Waals surface area (Å²) in [6, 6.07) is 5.47. The topological polar surface area (TPSA) is 67.0 Å². The van der Waals surface area contributed by atoms with Gasteiger partial charge in [0.1, 0.15) is 11.6 Å². The van der Waals surface area contributed by atoms with E-state index in [0.29, 0.717) is 11.7 Å². The van der Waals surface area contributed by atoms with Gasteiger partial charge in [0.25, 0.3) is 5.91 Å². The molecule has 0 aliphatic carbocycles. The number of nitrogens with one attached hydrogen (secondary N) is 2. The second kappa shape index (κ2) is 5.31. The minimum absolute atomic E-state index is 0.339. The summed E-state index contributed by atoms with van der Waals surface area (Å²) in [4.78, 5) is 18.3. The molecule has 1 unspecified atom stereocenters. The van der Waals surface area contributed by atoms with Crippen LogP contribution in [0.1, 0.15) is 6.92 Å². The summed E-state index contributed by atoms with van der Waals surface area (Å²) >= 11 is 0. The molecule has 1 atom stereocenters. The van der Waals surface area contributed by atoms with Gasteiger partial charge in [0.2, 0.25) is 5.95 Å². The van der Waals surface area contributed by atoms with E-state index in [2.05, 4.69) is 15.3 Å². The maximum absolute atomic E-state index is 12.7. The normalized spacial score (nSPS) is 11.9. The summed E-state index contributed by atoms with van der Waals surface area (Å²) in [6.07, 6.45) is 2.42. The summed E-state index contributed by atoms with van der Waals surface area (Å²) in [5, 5.41) is 2.55. The number of anilines is 1. The first kappa shape index (κ1) is 12.1. The number of H-pyrrole nitrogens is 1. The predicted molar refractivity (Wildman–Crippen MR) is 63.7 cm³/mol. The lowest BCUT2D eigenvalue weighted by atomic mass is 10.3. The molecule has 0 aliphatic rings. The molecule has 1 heterocycles. The molecule has 94 valence electrons. The van der Waals surface area contributed by atoms with E-state index in [4.69, 9.17) is 4.74 Å². The van der Waals surface area contributed by atoms with Gasteiger partial charge in [-0.3, -0.25) is 10.1 Å². The Morgan fingerprint density at radius 1 is 1.44 bits per heavy atom. The summed E-state index contributed by atoms with van der Waals surface area (Å²) in [5.41, 5.74) is 0. The van der Waals surface area contributed by atoms with Gasteiger partial charge in [-0.15, -0.1) is 0 Å². The molecule has 1 aromatic heterocycles. The van der Waals surface area contributed by atoms with Crippen LogP contribution in [0.4, 0.5) is 10.3 Å². The Morgan fingerprint density at radius 3 is 2.78 bits per heavy atom. The van der Waals surface area contributed by atoms with Crippen molar-refractivity contribution >= 4 is 11.9 Å². The van der Waals surface area contributed by atoms with Crippen LogP contribution in [0, 0.1) is 5.82 Å². The van der Waals surface area contributed by atoms with Crippen LogP contribution in [0.5, 0.6) is 5.75 Å². The number of hydrogen-bond donors (Lipinski definition) is 2. The molecule has 0 fully saturated rings. The number of benzene rings is 1. The molecule has 18 heavy (non-hydrogen) atoms. The quantitative estimate of drug-likeness (QED) is 0.870. The molecule has 5 nitrogen and oxygen atoms in total. The first-order valence-electron chi connectivity index (χ1n) is 5.37. The third kappa shape index (κ3) is 3.07. The zero-order chi connectivity index (χ0) is 13.0. The van der Waals surface area contributed by atoms with Crippen LogP contribution < -0.4 is 10.1 Å². The molecule has 1 amide bonds. The maximum atomic E-state index is 12.7. The van der Waals surface area contributed by atoms with Crippen LogP contribution in [-0.2, 0) is 4.79 Å². The van der Waals surface area contributed by atoms with Gasteiger partial charge >= 0.3 is 0 Å². The first-order chi connectivity index (χ1) is 8.65. The van der Waals surface area contributed by atoms with Crippen LogP contribution in [0.25, 0.3) is 0 Å². The number of aromatic amines is 1. The average Bonchev–Trinajstić information content (AvgIpc) is 2.85. The van der Waals surface area contributed by atoms with E-state index in [9.17, 15) is 9.18 Å². The molecule has 0 bridgehead atoms. The Morgan fingerprint density at radius 2 is 2.17 bits per heavy atom. The van der Waals surface area contributed by atoms with Gasteiger partial charge in [-0.05, 0) is 31.2 Å². The van der Waals surface area contributed by atoms with Gasteiger partial charge in [-0.25, -0.2) is 9.37 Å². The van der Waals surface area contributed by atoms with Crippen LogP contribution >= 0.6 is 0 Å². The van der Waals surface area contributed by atoms with Gasteiger partial charge in [0.05, 0.1) is 0 Å². The Labute approximate surface area is 103 Å². The number of hydrogen-bond acceptors (Lipinski definition) is 3. The van der Waals surface area contributed by atoms with Crippen LogP contribution in [0.2, 0.25) is 0 Å². The van der Waals surface area contributed by atoms with E-state index >= 15 is 0 Å². The molecule has 0 spiro atoms. The molecule has 1 aromatic carbocycles. The maximum Gasteiger partial charge on any atom is 0.267 e. The molecular weight excluding hydrogens is 237 g/mol. The zero-order valence-electron chi connectivity index (χ0n) is 9.68. The second-order valence-corrected chi connectivity index (χ2v) is 3.64. The molecule has 0 aliphatic heterocycles. The highest BCUT2D eigenvalue weighted by atomic mass is 19.1. The van der Waals surface area contributed by atoms with Gasteiger partial charge < -0.3 is 9.72 Å². The highest BCUT2D eigenvalue weighted by Crippen LogP contribution is 2.13. The average molecular weight is 249 g/mol. The number of carbonyl (C=O) groups excluding carboxylic acids is 1. The minimum Gasteiger partial charge on any atom is -0.481 e. The fourth-order valence-corrected chi connectivity index (χ4v) is 1.32. The van der Waals surface area contributed by atoms with E-state index in [1.54, 1.807) is 13.1 Å².